The monoisotopic (exact) mass is 540 g/mol. The first-order valence-electron chi connectivity index (χ1n) is 11.8. The van der Waals surface area contributed by atoms with Crippen LogP contribution in [0.3, 0.4) is 0 Å². The molecule has 6 aliphatic rings. The Morgan fingerprint density at radius 1 is 1.23 bits per heavy atom. The van der Waals surface area contributed by atoms with Crippen LogP contribution in [0.4, 0.5) is 0 Å². The standard InChI is InChI=1S/C23H32N4O3.HI/c1-2-24-22(26-18-15-6-11-30-19(15)23(18)7-3-8-23)25-9-10-27-20(28)16-13-4-5-14(12-13)17(16)21(27)29;/h4-5,13-19H,2-3,6-12H2,1H3,(H2,24,25,26);1H. The van der Waals surface area contributed by atoms with Crippen LogP contribution >= 0.6 is 24.0 Å². The lowest BCUT2D eigenvalue weighted by atomic mass is 9.46. The molecule has 6 rings (SSSR count). The normalized spacial score (nSPS) is 41.0. The van der Waals surface area contributed by atoms with Gasteiger partial charge in [-0.3, -0.25) is 19.5 Å². The van der Waals surface area contributed by atoms with Gasteiger partial charge in [-0.2, -0.15) is 0 Å². The highest BCUT2D eigenvalue weighted by atomic mass is 127. The number of likely N-dealkylation sites (tertiary alicyclic amines) is 1. The van der Waals surface area contributed by atoms with Gasteiger partial charge in [-0.25, -0.2) is 0 Å². The molecule has 2 heterocycles. The summed E-state index contributed by atoms with van der Waals surface area (Å²) < 4.78 is 6.03. The summed E-state index contributed by atoms with van der Waals surface area (Å²) in [6.45, 7) is 4.55. The van der Waals surface area contributed by atoms with Crippen molar-refractivity contribution in [3.05, 3.63) is 12.2 Å². The molecule has 2 bridgehead atoms. The van der Waals surface area contributed by atoms with Crippen LogP contribution in [0.25, 0.3) is 0 Å². The van der Waals surface area contributed by atoms with E-state index in [2.05, 4.69) is 29.7 Å². The maximum atomic E-state index is 12.9. The predicted molar refractivity (Wildman–Crippen MR) is 127 cm³/mol. The highest BCUT2D eigenvalue weighted by Gasteiger charge is 2.66. The number of guanidine groups is 1. The number of ether oxygens (including phenoxy) is 1. The van der Waals surface area contributed by atoms with E-state index in [9.17, 15) is 9.59 Å². The van der Waals surface area contributed by atoms with Crippen molar-refractivity contribution in [2.45, 2.75) is 51.2 Å². The van der Waals surface area contributed by atoms with Gasteiger partial charge in [0.05, 0.1) is 24.5 Å². The number of halogens is 1. The van der Waals surface area contributed by atoms with Crippen LogP contribution in [-0.2, 0) is 14.3 Å². The van der Waals surface area contributed by atoms with Crippen molar-refractivity contribution >= 4 is 41.8 Å². The SMILES string of the molecule is CCNC(=NCCN1C(=O)C2C3C=CC(C3)C2C1=O)NC1C2CCOC2C12CCC2.I. The second-order valence-corrected chi connectivity index (χ2v) is 10.0. The molecule has 31 heavy (non-hydrogen) atoms. The van der Waals surface area contributed by atoms with Crippen molar-refractivity contribution in [3.8, 4) is 0 Å². The van der Waals surface area contributed by atoms with Gasteiger partial charge in [-0.15, -0.1) is 24.0 Å². The van der Waals surface area contributed by atoms with E-state index in [4.69, 9.17) is 9.73 Å². The van der Waals surface area contributed by atoms with Crippen LogP contribution in [-0.4, -0.2) is 61.1 Å². The lowest BCUT2D eigenvalue weighted by molar-refractivity contribution is -0.171. The number of hydrogen-bond donors (Lipinski definition) is 2. The largest absolute Gasteiger partial charge is 0.377 e. The van der Waals surface area contributed by atoms with E-state index in [1.807, 2.05) is 0 Å². The molecule has 5 fully saturated rings. The molecule has 170 valence electrons. The Bertz CT molecular complexity index is 796. The van der Waals surface area contributed by atoms with Crippen molar-refractivity contribution in [1.82, 2.24) is 15.5 Å². The third kappa shape index (κ3) is 3.03. The van der Waals surface area contributed by atoms with Gasteiger partial charge in [0.1, 0.15) is 0 Å². The fourth-order valence-electron chi connectivity index (χ4n) is 7.37. The molecule has 0 aromatic carbocycles. The van der Waals surface area contributed by atoms with Gasteiger partial charge in [0.2, 0.25) is 11.8 Å². The number of rotatable bonds is 5. The Balaban J connectivity index is 0.00000204. The van der Waals surface area contributed by atoms with Crippen molar-refractivity contribution in [2.24, 2.45) is 40.0 Å². The minimum Gasteiger partial charge on any atom is -0.377 e. The molecule has 7 nitrogen and oxygen atoms in total. The van der Waals surface area contributed by atoms with E-state index in [0.717, 1.165) is 32.0 Å². The van der Waals surface area contributed by atoms with E-state index in [1.165, 1.54) is 24.2 Å². The van der Waals surface area contributed by atoms with Crippen LogP contribution in [0, 0.1) is 35.0 Å². The zero-order valence-electron chi connectivity index (χ0n) is 18.1. The molecule has 1 spiro atoms. The van der Waals surface area contributed by atoms with Gasteiger partial charge >= 0.3 is 0 Å². The number of fused-ring (bicyclic) bond motifs is 7. The Morgan fingerprint density at radius 2 is 1.94 bits per heavy atom. The van der Waals surface area contributed by atoms with Gasteiger partial charge in [-0.1, -0.05) is 18.6 Å². The molecule has 0 aromatic heterocycles. The first kappa shape index (κ1) is 21.7. The summed E-state index contributed by atoms with van der Waals surface area (Å²) in [7, 11) is 0. The number of hydrogen-bond acceptors (Lipinski definition) is 4. The highest BCUT2D eigenvalue weighted by Crippen LogP contribution is 2.62. The second kappa shape index (κ2) is 8.01. The lowest BCUT2D eigenvalue weighted by Gasteiger charge is -2.63. The smallest absolute Gasteiger partial charge is 0.233 e. The number of imide groups is 1. The Kier molecular flexibility index (Phi) is 5.60. The number of carbonyl (C=O) groups is 2. The molecule has 7 unspecified atom stereocenters. The molecule has 0 radical (unpaired) electrons. The van der Waals surface area contributed by atoms with Crippen LogP contribution < -0.4 is 10.6 Å². The average molecular weight is 540 g/mol. The molecule has 8 heteroatoms. The minimum atomic E-state index is -0.115. The second-order valence-electron chi connectivity index (χ2n) is 10.0. The Labute approximate surface area is 200 Å². The van der Waals surface area contributed by atoms with E-state index >= 15 is 0 Å². The summed E-state index contributed by atoms with van der Waals surface area (Å²) in [5.74, 6) is 1.73. The maximum Gasteiger partial charge on any atom is 0.233 e. The summed E-state index contributed by atoms with van der Waals surface area (Å²) in [4.78, 5) is 31.9. The van der Waals surface area contributed by atoms with E-state index < -0.39 is 0 Å². The van der Waals surface area contributed by atoms with E-state index in [-0.39, 0.29) is 59.5 Å². The van der Waals surface area contributed by atoms with Crippen LogP contribution in [0.2, 0.25) is 0 Å². The van der Waals surface area contributed by atoms with Gasteiger partial charge in [0.15, 0.2) is 5.96 Å². The molecule has 2 saturated heterocycles. The van der Waals surface area contributed by atoms with Crippen molar-refractivity contribution in [1.29, 1.82) is 0 Å². The van der Waals surface area contributed by atoms with Gasteiger partial charge in [0, 0.05) is 37.1 Å². The summed E-state index contributed by atoms with van der Waals surface area (Å²) in [6.07, 6.45) is 10.6. The van der Waals surface area contributed by atoms with E-state index in [0.29, 0.717) is 36.6 Å². The quantitative estimate of drug-likeness (QED) is 0.183. The summed E-state index contributed by atoms with van der Waals surface area (Å²) in [6, 6.07) is 0.424. The maximum absolute atomic E-state index is 12.9. The molecule has 2 aliphatic heterocycles. The number of nitrogens with zero attached hydrogens (tertiary/aromatic N) is 2. The van der Waals surface area contributed by atoms with Crippen LogP contribution in [0.1, 0.15) is 39.0 Å². The first-order chi connectivity index (χ1) is 14.6. The highest BCUT2D eigenvalue weighted by molar-refractivity contribution is 14.0. The van der Waals surface area contributed by atoms with Crippen molar-refractivity contribution in [3.63, 3.8) is 0 Å². The first-order valence-corrected chi connectivity index (χ1v) is 11.8. The fourth-order valence-corrected chi connectivity index (χ4v) is 7.37. The van der Waals surface area contributed by atoms with Gasteiger partial charge < -0.3 is 15.4 Å². The molecule has 0 aromatic rings. The lowest BCUT2D eigenvalue weighted by Crippen LogP contribution is -2.72. The number of allylic oxidation sites excluding steroid dienone is 2. The third-order valence-electron chi connectivity index (χ3n) is 8.83. The predicted octanol–water partition coefficient (Wildman–Crippen LogP) is 1.92. The number of amides is 2. The van der Waals surface area contributed by atoms with Crippen LogP contribution in [0.5, 0.6) is 0 Å². The van der Waals surface area contributed by atoms with Gasteiger partial charge in [-0.05, 0) is 44.4 Å². The van der Waals surface area contributed by atoms with E-state index in [1.54, 1.807) is 0 Å². The molecule has 3 saturated carbocycles. The summed E-state index contributed by atoms with van der Waals surface area (Å²) in [5, 5.41) is 7.05. The van der Waals surface area contributed by atoms with Crippen molar-refractivity contribution < 1.29 is 14.3 Å². The average Bonchev–Trinajstić information content (AvgIpc) is 3.45. The fraction of sp³-hybridized carbons (Fsp3) is 0.783. The zero-order chi connectivity index (χ0) is 20.5. The minimum absolute atomic E-state index is 0. The molecular formula is C23H33IN4O3. The van der Waals surface area contributed by atoms with Crippen molar-refractivity contribution in [2.75, 3.05) is 26.2 Å². The third-order valence-corrected chi connectivity index (χ3v) is 8.83. The zero-order valence-corrected chi connectivity index (χ0v) is 20.4. The molecule has 2 amide bonds. The summed E-state index contributed by atoms with van der Waals surface area (Å²) in [5.41, 5.74) is 0.294. The molecule has 2 N–H and O–H groups in total. The topological polar surface area (TPSA) is 83.0 Å². The Hall–Kier alpha value is -1.16. The van der Waals surface area contributed by atoms with Crippen LogP contribution in [0.15, 0.2) is 17.1 Å². The Morgan fingerprint density at radius 3 is 2.55 bits per heavy atom. The number of aliphatic imine (C=N–C) groups is 1. The number of carbonyl (C=O) groups excluding carboxylic acids is 2. The van der Waals surface area contributed by atoms with Gasteiger partial charge in [0.25, 0.3) is 0 Å². The molecule has 7 atom stereocenters. The molecular weight excluding hydrogens is 507 g/mol. The number of nitrogens with one attached hydrogen (secondary N) is 2. The summed E-state index contributed by atoms with van der Waals surface area (Å²) >= 11 is 0. The molecule has 4 aliphatic carbocycles.